The van der Waals surface area contributed by atoms with Gasteiger partial charge in [-0.05, 0) is 43.9 Å². The Morgan fingerprint density at radius 3 is 2.50 bits per heavy atom. The third-order valence-corrected chi connectivity index (χ3v) is 3.89. The van der Waals surface area contributed by atoms with E-state index in [1.807, 2.05) is 26.0 Å². The number of rotatable bonds is 5. The van der Waals surface area contributed by atoms with E-state index in [9.17, 15) is 4.79 Å². The van der Waals surface area contributed by atoms with Crippen molar-refractivity contribution in [3.63, 3.8) is 0 Å². The monoisotopic (exact) mass is 276 g/mol. The van der Waals surface area contributed by atoms with Crippen molar-refractivity contribution in [2.75, 3.05) is 6.61 Å². The first kappa shape index (κ1) is 14.9. The molecule has 1 aliphatic rings. The van der Waals surface area contributed by atoms with Crippen molar-refractivity contribution in [2.45, 2.75) is 58.0 Å². The molecule has 110 valence electrons. The van der Waals surface area contributed by atoms with E-state index in [1.165, 1.54) is 12.0 Å². The van der Waals surface area contributed by atoms with Crippen molar-refractivity contribution in [2.24, 2.45) is 0 Å². The van der Waals surface area contributed by atoms with Gasteiger partial charge in [0.2, 0.25) is 0 Å². The fraction of sp³-hybridized carbons (Fsp3) is 0.588. The molecule has 0 unspecified atom stereocenters. The first-order valence-electron chi connectivity index (χ1n) is 7.66. The van der Waals surface area contributed by atoms with E-state index >= 15 is 0 Å². The Balaban J connectivity index is 2.08. The zero-order valence-corrected chi connectivity index (χ0v) is 12.4. The van der Waals surface area contributed by atoms with Gasteiger partial charge in [-0.2, -0.15) is 0 Å². The third kappa shape index (κ3) is 3.75. The largest absolute Gasteiger partial charge is 0.494 e. The molecule has 0 radical (unpaired) electrons. The second-order valence-corrected chi connectivity index (χ2v) is 5.27. The second-order valence-electron chi connectivity index (χ2n) is 5.27. The lowest BCUT2D eigenvalue weighted by atomic mass is 9.81. The molecule has 3 nitrogen and oxygen atoms in total. The van der Waals surface area contributed by atoms with Crippen molar-refractivity contribution >= 4 is 5.97 Å². The van der Waals surface area contributed by atoms with Gasteiger partial charge in [0.05, 0.1) is 6.61 Å². The van der Waals surface area contributed by atoms with Crippen molar-refractivity contribution in [1.29, 1.82) is 0 Å². The van der Waals surface area contributed by atoms with Crippen LogP contribution in [-0.4, -0.2) is 18.7 Å². The maximum atomic E-state index is 11.6. The molecule has 1 aliphatic carbocycles. The number of carbonyl (C=O) groups excluding carboxylic acids is 1. The Morgan fingerprint density at radius 2 is 1.85 bits per heavy atom. The van der Waals surface area contributed by atoms with Crippen molar-refractivity contribution in [3.8, 4) is 5.75 Å². The van der Waals surface area contributed by atoms with Gasteiger partial charge < -0.3 is 9.47 Å². The highest BCUT2D eigenvalue weighted by Crippen LogP contribution is 2.35. The van der Waals surface area contributed by atoms with Gasteiger partial charge >= 0.3 is 5.97 Å². The smallest absolute Gasteiger partial charge is 0.305 e. The van der Waals surface area contributed by atoms with Gasteiger partial charge in [-0.25, -0.2) is 0 Å². The molecule has 0 bridgehead atoms. The van der Waals surface area contributed by atoms with Gasteiger partial charge in [-0.3, -0.25) is 4.79 Å². The Hall–Kier alpha value is -1.51. The maximum absolute atomic E-state index is 11.6. The van der Waals surface area contributed by atoms with Crippen molar-refractivity contribution in [3.05, 3.63) is 29.8 Å². The number of ether oxygens (including phenoxy) is 2. The van der Waals surface area contributed by atoms with Gasteiger partial charge in [0.25, 0.3) is 0 Å². The van der Waals surface area contributed by atoms with Crippen LogP contribution in [0.5, 0.6) is 5.75 Å². The highest BCUT2D eigenvalue weighted by Gasteiger charge is 2.29. The fourth-order valence-electron chi connectivity index (χ4n) is 2.85. The van der Waals surface area contributed by atoms with Crippen LogP contribution in [0.1, 0.15) is 57.4 Å². The van der Waals surface area contributed by atoms with Crippen LogP contribution in [0, 0.1) is 0 Å². The molecule has 1 aromatic carbocycles. The van der Waals surface area contributed by atoms with Crippen LogP contribution in [0.2, 0.25) is 0 Å². The molecule has 1 saturated carbocycles. The average Bonchev–Trinajstić information content (AvgIpc) is 2.49. The summed E-state index contributed by atoms with van der Waals surface area (Å²) in [6.45, 7) is 4.51. The molecule has 0 saturated heterocycles. The summed E-state index contributed by atoms with van der Waals surface area (Å²) in [5.74, 6) is 1.14. The van der Waals surface area contributed by atoms with Crippen molar-refractivity contribution in [1.82, 2.24) is 0 Å². The van der Waals surface area contributed by atoms with E-state index in [-0.39, 0.29) is 12.1 Å². The van der Waals surface area contributed by atoms with Crippen LogP contribution in [0.4, 0.5) is 0 Å². The van der Waals surface area contributed by atoms with Gasteiger partial charge in [0.1, 0.15) is 11.9 Å². The highest BCUT2D eigenvalue weighted by molar-refractivity contribution is 5.69. The first-order chi connectivity index (χ1) is 9.74. The SMILES string of the molecule is CCOc1ccc([C@H]2CCCC[C@@H]2OC(=O)CC)cc1. The molecule has 0 spiro atoms. The van der Waals surface area contributed by atoms with Crippen LogP contribution in [0.25, 0.3) is 0 Å². The molecule has 2 atom stereocenters. The Labute approximate surface area is 121 Å². The van der Waals surface area contributed by atoms with E-state index in [0.717, 1.165) is 25.0 Å². The van der Waals surface area contributed by atoms with E-state index < -0.39 is 0 Å². The van der Waals surface area contributed by atoms with E-state index in [4.69, 9.17) is 9.47 Å². The lowest BCUT2D eigenvalue weighted by Gasteiger charge is -2.31. The lowest BCUT2D eigenvalue weighted by molar-refractivity contribution is -0.151. The number of hydrogen-bond donors (Lipinski definition) is 0. The Morgan fingerprint density at radius 1 is 1.15 bits per heavy atom. The van der Waals surface area contributed by atoms with E-state index in [0.29, 0.717) is 18.9 Å². The highest BCUT2D eigenvalue weighted by atomic mass is 16.5. The molecule has 2 rings (SSSR count). The topological polar surface area (TPSA) is 35.5 Å². The molecule has 0 aromatic heterocycles. The number of esters is 1. The van der Waals surface area contributed by atoms with Gasteiger partial charge in [0, 0.05) is 12.3 Å². The molecular formula is C17H24O3. The minimum Gasteiger partial charge on any atom is -0.494 e. The summed E-state index contributed by atoms with van der Waals surface area (Å²) >= 11 is 0. The van der Waals surface area contributed by atoms with E-state index in [2.05, 4.69) is 12.1 Å². The molecule has 1 fully saturated rings. The third-order valence-electron chi connectivity index (χ3n) is 3.89. The standard InChI is InChI=1S/C17H24O3/c1-3-17(18)20-16-8-6-5-7-15(16)13-9-11-14(12-10-13)19-4-2/h9-12,15-16H,3-8H2,1-2H3/t15-,16+/m1/s1. The quantitative estimate of drug-likeness (QED) is 0.761. The summed E-state index contributed by atoms with van der Waals surface area (Å²) in [5, 5.41) is 0. The molecule has 20 heavy (non-hydrogen) atoms. The van der Waals surface area contributed by atoms with Gasteiger partial charge in [0.15, 0.2) is 0 Å². The minimum atomic E-state index is -0.0900. The van der Waals surface area contributed by atoms with Gasteiger partial charge in [-0.15, -0.1) is 0 Å². The molecule has 0 N–H and O–H groups in total. The van der Waals surface area contributed by atoms with Crippen molar-refractivity contribution < 1.29 is 14.3 Å². The molecular weight excluding hydrogens is 252 g/mol. The number of carbonyl (C=O) groups is 1. The second kappa shape index (κ2) is 7.32. The summed E-state index contributed by atoms with van der Waals surface area (Å²) in [6.07, 6.45) is 4.91. The van der Waals surface area contributed by atoms with E-state index in [1.54, 1.807) is 0 Å². The summed E-state index contributed by atoms with van der Waals surface area (Å²) < 4.78 is 11.1. The first-order valence-corrected chi connectivity index (χ1v) is 7.66. The minimum absolute atomic E-state index is 0.0362. The number of benzene rings is 1. The van der Waals surface area contributed by atoms with Crippen LogP contribution in [-0.2, 0) is 9.53 Å². The van der Waals surface area contributed by atoms with Crippen LogP contribution >= 0.6 is 0 Å². The molecule has 3 heteroatoms. The molecule has 0 heterocycles. The summed E-state index contributed by atoms with van der Waals surface area (Å²) in [6, 6.07) is 8.22. The Kier molecular flexibility index (Phi) is 5.45. The average molecular weight is 276 g/mol. The lowest BCUT2D eigenvalue weighted by Crippen LogP contribution is -2.28. The maximum Gasteiger partial charge on any atom is 0.305 e. The molecule has 0 amide bonds. The Bertz CT molecular complexity index is 424. The zero-order chi connectivity index (χ0) is 14.4. The normalized spacial score (nSPS) is 22.3. The predicted molar refractivity (Wildman–Crippen MR) is 79.0 cm³/mol. The summed E-state index contributed by atoms with van der Waals surface area (Å²) in [5.41, 5.74) is 1.25. The zero-order valence-electron chi connectivity index (χ0n) is 12.4. The van der Waals surface area contributed by atoms with Crippen LogP contribution in [0.3, 0.4) is 0 Å². The summed E-state index contributed by atoms with van der Waals surface area (Å²) in [7, 11) is 0. The molecule has 1 aromatic rings. The van der Waals surface area contributed by atoms with Gasteiger partial charge in [-0.1, -0.05) is 25.5 Å². The summed E-state index contributed by atoms with van der Waals surface area (Å²) in [4.78, 5) is 11.6. The van der Waals surface area contributed by atoms with Crippen LogP contribution in [0.15, 0.2) is 24.3 Å². The van der Waals surface area contributed by atoms with Crippen LogP contribution < -0.4 is 4.74 Å². The predicted octanol–water partition coefficient (Wildman–Crippen LogP) is 4.06. The fourth-order valence-corrected chi connectivity index (χ4v) is 2.85. The molecule has 0 aliphatic heterocycles. The number of hydrogen-bond acceptors (Lipinski definition) is 3.